The number of nitriles is 1. The average Bonchev–Trinajstić information content (AvgIpc) is 2.59. The molecule has 0 saturated heterocycles. The van der Waals surface area contributed by atoms with Gasteiger partial charge in [0.25, 0.3) is 5.91 Å². The van der Waals surface area contributed by atoms with Crippen molar-refractivity contribution >= 4 is 23.6 Å². The van der Waals surface area contributed by atoms with Crippen LogP contribution in [0.25, 0.3) is 6.08 Å². The molecule has 2 aromatic carbocycles. The highest BCUT2D eigenvalue weighted by atomic mass is 35.5. The summed E-state index contributed by atoms with van der Waals surface area (Å²) in [5.74, 6) is 0.297. The Kier molecular flexibility index (Phi) is 5.79. The molecule has 0 aliphatic heterocycles. The van der Waals surface area contributed by atoms with Gasteiger partial charge in [0, 0.05) is 12.1 Å². The minimum atomic E-state index is -0.407. The first-order chi connectivity index (χ1) is 11.1. The minimum Gasteiger partial charge on any atom is -0.489 e. The van der Waals surface area contributed by atoms with Gasteiger partial charge in [0.2, 0.25) is 0 Å². The maximum atomic E-state index is 11.5. The second-order valence-electron chi connectivity index (χ2n) is 4.73. The third-order valence-corrected chi connectivity index (χ3v) is 3.35. The van der Waals surface area contributed by atoms with Crippen LogP contribution in [0.5, 0.6) is 5.75 Å². The molecule has 0 bridgehead atoms. The number of hydrogen-bond acceptors (Lipinski definition) is 3. The van der Waals surface area contributed by atoms with E-state index in [4.69, 9.17) is 21.6 Å². The van der Waals surface area contributed by atoms with Gasteiger partial charge in [-0.1, -0.05) is 35.9 Å². The van der Waals surface area contributed by atoms with E-state index in [1.807, 2.05) is 30.3 Å². The monoisotopic (exact) mass is 326 g/mol. The SMILES string of the molecule is CNC(=O)/C(C#N)=C/c1ccc(OCc2ccc(Cl)cc2)cc1. The van der Waals surface area contributed by atoms with Crippen molar-refractivity contribution in [3.05, 3.63) is 70.3 Å². The molecule has 2 rings (SSSR count). The fourth-order valence-electron chi connectivity index (χ4n) is 1.86. The molecule has 1 N–H and O–H groups in total. The van der Waals surface area contributed by atoms with Crippen LogP contribution >= 0.6 is 11.6 Å². The molecule has 0 radical (unpaired) electrons. The third kappa shape index (κ3) is 4.87. The number of benzene rings is 2. The maximum absolute atomic E-state index is 11.5. The van der Waals surface area contributed by atoms with Crippen LogP contribution in [0.3, 0.4) is 0 Å². The molecule has 0 atom stereocenters. The molecular weight excluding hydrogens is 312 g/mol. The van der Waals surface area contributed by atoms with Crippen LogP contribution in [-0.4, -0.2) is 13.0 Å². The van der Waals surface area contributed by atoms with Gasteiger partial charge in [-0.25, -0.2) is 0 Å². The Labute approximate surface area is 140 Å². The highest BCUT2D eigenvalue weighted by molar-refractivity contribution is 6.30. The van der Waals surface area contributed by atoms with E-state index in [0.717, 1.165) is 11.1 Å². The number of halogens is 1. The summed E-state index contributed by atoms with van der Waals surface area (Å²) >= 11 is 5.83. The lowest BCUT2D eigenvalue weighted by atomic mass is 10.1. The van der Waals surface area contributed by atoms with Gasteiger partial charge >= 0.3 is 0 Å². The van der Waals surface area contributed by atoms with Crippen molar-refractivity contribution in [1.82, 2.24) is 5.32 Å². The maximum Gasteiger partial charge on any atom is 0.261 e. The molecule has 0 aliphatic rings. The Bertz CT molecular complexity index is 744. The predicted octanol–water partition coefficient (Wildman–Crippen LogP) is 3.57. The molecule has 0 spiro atoms. The standard InChI is InChI=1S/C18H15ClN2O2/c1-21-18(22)15(11-20)10-13-4-8-17(9-5-13)23-12-14-2-6-16(19)7-3-14/h2-10H,12H2,1H3,(H,21,22)/b15-10+. The molecule has 4 nitrogen and oxygen atoms in total. The van der Waals surface area contributed by atoms with Gasteiger partial charge in [-0.05, 0) is 41.5 Å². The molecule has 0 aromatic heterocycles. The van der Waals surface area contributed by atoms with Crippen molar-refractivity contribution in [2.75, 3.05) is 7.05 Å². The zero-order chi connectivity index (χ0) is 16.7. The summed E-state index contributed by atoms with van der Waals surface area (Å²) < 4.78 is 5.68. The summed E-state index contributed by atoms with van der Waals surface area (Å²) in [7, 11) is 1.49. The van der Waals surface area contributed by atoms with Gasteiger partial charge in [0.1, 0.15) is 24.0 Å². The van der Waals surface area contributed by atoms with Crippen molar-refractivity contribution in [3.63, 3.8) is 0 Å². The van der Waals surface area contributed by atoms with Crippen molar-refractivity contribution in [2.45, 2.75) is 6.61 Å². The quantitative estimate of drug-likeness (QED) is 0.675. The van der Waals surface area contributed by atoms with E-state index >= 15 is 0 Å². The number of amides is 1. The van der Waals surface area contributed by atoms with Gasteiger partial charge in [-0.2, -0.15) is 5.26 Å². The highest BCUT2D eigenvalue weighted by Gasteiger charge is 2.06. The Balaban J connectivity index is 2.02. The van der Waals surface area contributed by atoms with Crippen molar-refractivity contribution in [2.24, 2.45) is 0 Å². The molecule has 1 amide bonds. The molecule has 0 heterocycles. The lowest BCUT2D eigenvalue weighted by Gasteiger charge is -2.07. The van der Waals surface area contributed by atoms with E-state index < -0.39 is 5.91 Å². The summed E-state index contributed by atoms with van der Waals surface area (Å²) in [4.78, 5) is 11.5. The van der Waals surface area contributed by atoms with E-state index in [2.05, 4.69) is 5.32 Å². The van der Waals surface area contributed by atoms with E-state index in [1.54, 1.807) is 24.3 Å². The summed E-state index contributed by atoms with van der Waals surface area (Å²) in [5.41, 5.74) is 1.83. The summed E-state index contributed by atoms with van der Waals surface area (Å²) in [6, 6.07) is 16.5. The molecule has 23 heavy (non-hydrogen) atoms. The molecular formula is C18H15ClN2O2. The smallest absolute Gasteiger partial charge is 0.261 e. The predicted molar refractivity (Wildman–Crippen MR) is 89.9 cm³/mol. The zero-order valence-corrected chi connectivity index (χ0v) is 13.3. The molecule has 2 aromatic rings. The Morgan fingerprint density at radius 1 is 1.22 bits per heavy atom. The Morgan fingerprint density at radius 3 is 2.43 bits per heavy atom. The molecule has 5 heteroatoms. The molecule has 0 unspecified atom stereocenters. The fraction of sp³-hybridized carbons (Fsp3) is 0.111. The fourth-order valence-corrected chi connectivity index (χ4v) is 1.98. The lowest BCUT2D eigenvalue weighted by Crippen LogP contribution is -2.19. The summed E-state index contributed by atoms with van der Waals surface area (Å²) in [5, 5.41) is 12.1. The van der Waals surface area contributed by atoms with Gasteiger partial charge in [0.15, 0.2) is 0 Å². The van der Waals surface area contributed by atoms with Gasteiger partial charge < -0.3 is 10.1 Å². The van der Waals surface area contributed by atoms with Crippen LogP contribution in [0.15, 0.2) is 54.1 Å². The topological polar surface area (TPSA) is 62.1 Å². The number of rotatable bonds is 5. The second-order valence-corrected chi connectivity index (χ2v) is 5.17. The van der Waals surface area contributed by atoms with E-state index in [-0.39, 0.29) is 5.57 Å². The number of nitrogens with one attached hydrogen (secondary N) is 1. The third-order valence-electron chi connectivity index (χ3n) is 3.10. The molecule has 116 valence electrons. The van der Waals surface area contributed by atoms with Gasteiger partial charge in [0.05, 0.1) is 0 Å². The first-order valence-corrected chi connectivity index (χ1v) is 7.31. The average molecular weight is 327 g/mol. The van der Waals surface area contributed by atoms with Crippen molar-refractivity contribution < 1.29 is 9.53 Å². The van der Waals surface area contributed by atoms with Crippen LogP contribution in [0, 0.1) is 11.3 Å². The van der Waals surface area contributed by atoms with Crippen molar-refractivity contribution in [1.29, 1.82) is 5.26 Å². The van der Waals surface area contributed by atoms with Gasteiger partial charge in [-0.15, -0.1) is 0 Å². The number of carbonyl (C=O) groups is 1. The van der Waals surface area contributed by atoms with Crippen LogP contribution < -0.4 is 10.1 Å². The summed E-state index contributed by atoms with van der Waals surface area (Å²) in [6.45, 7) is 0.439. The Hall–Kier alpha value is -2.77. The van der Waals surface area contributed by atoms with Crippen LogP contribution in [0.2, 0.25) is 5.02 Å². The first kappa shape index (κ1) is 16.6. The normalized spacial score (nSPS) is 10.7. The van der Waals surface area contributed by atoms with E-state index in [9.17, 15) is 4.79 Å². The van der Waals surface area contributed by atoms with Crippen molar-refractivity contribution in [3.8, 4) is 11.8 Å². The lowest BCUT2D eigenvalue weighted by molar-refractivity contribution is -0.116. The number of ether oxygens (including phenoxy) is 1. The van der Waals surface area contributed by atoms with Crippen LogP contribution in [0.4, 0.5) is 0 Å². The zero-order valence-electron chi connectivity index (χ0n) is 12.5. The number of hydrogen-bond donors (Lipinski definition) is 1. The van der Waals surface area contributed by atoms with E-state index in [1.165, 1.54) is 13.1 Å². The molecule has 0 fully saturated rings. The Morgan fingerprint density at radius 2 is 1.87 bits per heavy atom. The van der Waals surface area contributed by atoms with Gasteiger partial charge in [-0.3, -0.25) is 4.79 Å². The molecule has 0 aliphatic carbocycles. The van der Waals surface area contributed by atoms with E-state index in [0.29, 0.717) is 17.4 Å². The second kappa shape index (κ2) is 8.02. The first-order valence-electron chi connectivity index (χ1n) is 6.93. The van der Waals surface area contributed by atoms with Crippen LogP contribution in [-0.2, 0) is 11.4 Å². The minimum absolute atomic E-state index is 0.0577. The number of carbonyl (C=O) groups excluding carboxylic acids is 1. The highest BCUT2D eigenvalue weighted by Crippen LogP contribution is 2.17. The molecule has 0 saturated carbocycles. The number of likely N-dealkylation sites (N-methyl/N-ethyl adjacent to an activating group) is 1. The van der Waals surface area contributed by atoms with Crippen LogP contribution in [0.1, 0.15) is 11.1 Å². The number of nitrogens with zero attached hydrogens (tertiary/aromatic N) is 1. The summed E-state index contributed by atoms with van der Waals surface area (Å²) in [6.07, 6.45) is 1.53. The largest absolute Gasteiger partial charge is 0.489 e.